The van der Waals surface area contributed by atoms with Crippen LogP contribution in [0.15, 0.2) is 24.5 Å². The highest BCUT2D eigenvalue weighted by molar-refractivity contribution is 5.93. The molecule has 0 saturated heterocycles. The third-order valence-corrected chi connectivity index (χ3v) is 4.55. The van der Waals surface area contributed by atoms with Crippen LogP contribution in [0.2, 0.25) is 0 Å². The Bertz CT molecular complexity index is 914. The van der Waals surface area contributed by atoms with Gasteiger partial charge in [0.25, 0.3) is 5.91 Å². The predicted molar refractivity (Wildman–Crippen MR) is 97.0 cm³/mol. The van der Waals surface area contributed by atoms with Crippen molar-refractivity contribution in [3.63, 3.8) is 0 Å². The van der Waals surface area contributed by atoms with Gasteiger partial charge in [0.2, 0.25) is 0 Å². The normalized spacial score (nSPS) is 11.2. The molecule has 26 heavy (non-hydrogen) atoms. The Morgan fingerprint density at radius 2 is 2.12 bits per heavy atom. The number of aromatic nitrogens is 5. The minimum Gasteiger partial charge on any atom is -0.383 e. The first-order chi connectivity index (χ1) is 12.6. The molecule has 8 heteroatoms. The van der Waals surface area contributed by atoms with E-state index in [4.69, 9.17) is 4.74 Å². The Balaban J connectivity index is 1.94. The summed E-state index contributed by atoms with van der Waals surface area (Å²) >= 11 is 0. The topological polar surface area (TPSA) is 77.5 Å². The lowest BCUT2D eigenvalue weighted by molar-refractivity contribution is 0.0671. The van der Waals surface area contributed by atoms with Gasteiger partial charge in [-0.25, -0.2) is 9.50 Å². The van der Waals surface area contributed by atoms with E-state index < -0.39 is 0 Å². The summed E-state index contributed by atoms with van der Waals surface area (Å²) in [4.78, 5) is 19.1. The van der Waals surface area contributed by atoms with Crippen LogP contribution in [0.3, 0.4) is 0 Å². The second-order valence-electron chi connectivity index (χ2n) is 6.13. The van der Waals surface area contributed by atoms with E-state index in [2.05, 4.69) is 22.1 Å². The van der Waals surface area contributed by atoms with Gasteiger partial charge in [-0.2, -0.15) is 10.2 Å². The molecular weight excluding hydrogens is 332 g/mol. The molecule has 8 nitrogen and oxygen atoms in total. The molecule has 0 aliphatic heterocycles. The smallest absolute Gasteiger partial charge is 0.272 e. The molecule has 0 spiro atoms. The number of hydrogen-bond acceptors (Lipinski definition) is 5. The summed E-state index contributed by atoms with van der Waals surface area (Å²) in [7, 11) is 1.63. The Morgan fingerprint density at radius 3 is 2.81 bits per heavy atom. The van der Waals surface area contributed by atoms with Crippen LogP contribution < -0.4 is 0 Å². The molecule has 0 unspecified atom stereocenters. The van der Waals surface area contributed by atoms with Crippen molar-refractivity contribution >= 4 is 11.6 Å². The van der Waals surface area contributed by atoms with Crippen molar-refractivity contribution < 1.29 is 9.53 Å². The van der Waals surface area contributed by atoms with E-state index >= 15 is 0 Å². The zero-order valence-corrected chi connectivity index (χ0v) is 15.6. The zero-order chi connectivity index (χ0) is 18.7. The maximum atomic E-state index is 13.2. The summed E-state index contributed by atoms with van der Waals surface area (Å²) in [5, 5.41) is 8.73. The van der Waals surface area contributed by atoms with Gasteiger partial charge in [-0.05, 0) is 32.9 Å². The fourth-order valence-electron chi connectivity index (χ4n) is 3.08. The third kappa shape index (κ3) is 3.32. The van der Waals surface area contributed by atoms with Gasteiger partial charge in [-0.15, -0.1) is 0 Å². The summed E-state index contributed by atoms with van der Waals surface area (Å²) < 4.78 is 8.73. The van der Waals surface area contributed by atoms with Gasteiger partial charge in [0.05, 0.1) is 12.3 Å². The van der Waals surface area contributed by atoms with Gasteiger partial charge in [-0.3, -0.25) is 9.48 Å². The number of nitrogens with zero attached hydrogens (tertiary/aromatic N) is 6. The average Bonchev–Trinajstić information content (AvgIpc) is 3.23. The molecule has 0 radical (unpaired) electrons. The number of ether oxygens (including phenoxy) is 1. The quantitative estimate of drug-likeness (QED) is 0.646. The zero-order valence-electron chi connectivity index (χ0n) is 15.6. The van der Waals surface area contributed by atoms with Crippen molar-refractivity contribution in [2.45, 2.75) is 33.9 Å². The van der Waals surface area contributed by atoms with Crippen molar-refractivity contribution in [1.29, 1.82) is 0 Å². The molecule has 0 N–H and O–H groups in total. The number of amides is 1. The molecule has 138 valence electrons. The molecule has 0 aromatic carbocycles. The van der Waals surface area contributed by atoms with Crippen molar-refractivity contribution in [3.8, 4) is 0 Å². The molecule has 3 heterocycles. The molecular formula is C18H24N6O2. The number of fused-ring (bicyclic) bond motifs is 1. The fourth-order valence-corrected chi connectivity index (χ4v) is 3.08. The molecule has 3 aromatic rings. The molecule has 1 amide bonds. The molecule has 0 bridgehead atoms. The van der Waals surface area contributed by atoms with E-state index in [0.29, 0.717) is 31.0 Å². The molecule has 0 aliphatic rings. The van der Waals surface area contributed by atoms with Gasteiger partial charge >= 0.3 is 0 Å². The maximum Gasteiger partial charge on any atom is 0.272 e. The minimum atomic E-state index is -0.110. The van der Waals surface area contributed by atoms with E-state index in [1.807, 2.05) is 30.7 Å². The summed E-state index contributed by atoms with van der Waals surface area (Å²) in [6.45, 7) is 8.29. The fraction of sp³-hybridized carbons (Fsp3) is 0.444. The number of pyridine rings is 1. The van der Waals surface area contributed by atoms with Crippen LogP contribution in [-0.2, 0) is 17.8 Å². The standard InChI is InChI=1S/C18H24N6O2/c1-5-23-14(3)15(13(2)21-23)11-22(9-10-26-4)18(25)16-7-6-8-17-19-12-20-24(16)17/h6-8,12H,5,9-11H2,1-4H3. The highest BCUT2D eigenvalue weighted by Crippen LogP contribution is 2.17. The Labute approximate surface area is 152 Å². The molecule has 3 aromatic heterocycles. The molecule has 0 atom stereocenters. The summed E-state index contributed by atoms with van der Waals surface area (Å²) in [6.07, 6.45) is 1.45. The van der Waals surface area contributed by atoms with Gasteiger partial charge in [0.15, 0.2) is 5.65 Å². The van der Waals surface area contributed by atoms with Crippen LogP contribution in [0.5, 0.6) is 0 Å². The van der Waals surface area contributed by atoms with Gasteiger partial charge in [0.1, 0.15) is 12.0 Å². The number of carbonyl (C=O) groups excluding carboxylic acids is 1. The second-order valence-corrected chi connectivity index (χ2v) is 6.13. The minimum absolute atomic E-state index is 0.110. The third-order valence-electron chi connectivity index (χ3n) is 4.55. The molecule has 0 aliphatic carbocycles. The van der Waals surface area contributed by atoms with Crippen LogP contribution in [-0.4, -0.2) is 55.4 Å². The van der Waals surface area contributed by atoms with E-state index in [1.165, 1.54) is 6.33 Å². The number of aryl methyl sites for hydroxylation is 2. The summed E-state index contributed by atoms with van der Waals surface area (Å²) in [5.41, 5.74) is 4.22. The lowest BCUT2D eigenvalue weighted by Gasteiger charge is -2.23. The maximum absolute atomic E-state index is 13.2. The van der Waals surface area contributed by atoms with Gasteiger partial charge in [-0.1, -0.05) is 6.07 Å². The molecule has 3 rings (SSSR count). The van der Waals surface area contributed by atoms with Crippen LogP contribution in [0.4, 0.5) is 0 Å². The summed E-state index contributed by atoms with van der Waals surface area (Å²) in [6, 6.07) is 5.40. The Hall–Kier alpha value is -2.74. The number of hydrogen-bond donors (Lipinski definition) is 0. The van der Waals surface area contributed by atoms with E-state index in [9.17, 15) is 4.79 Å². The van der Waals surface area contributed by atoms with Crippen LogP contribution >= 0.6 is 0 Å². The van der Waals surface area contributed by atoms with Crippen molar-refractivity contribution in [2.24, 2.45) is 0 Å². The Kier molecular flexibility index (Phi) is 5.32. The van der Waals surface area contributed by atoms with Crippen LogP contribution in [0.25, 0.3) is 5.65 Å². The van der Waals surface area contributed by atoms with Crippen LogP contribution in [0.1, 0.15) is 34.4 Å². The predicted octanol–water partition coefficient (Wildman–Crippen LogP) is 1.85. The lowest BCUT2D eigenvalue weighted by Crippen LogP contribution is -2.35. The number of rotatable bonds is 7. The highest BCUT2D eigenvalue weighted by Gasteiger charge is 2.22. The molecule has 0 saturated carbocycles. The Morgan fingerprint density at radius 1 is 1.31 bits per heavy atom. The van der Waals surface area contributed by atoms with E-state index in [-0.39, 0.29) is 5.91 Å². The SMILES string of the molecule is CCn1nc(C)c(CN(CCOC)C(=O)c2cccc3ncnn23)c1C. The van der Waals surface area contributed by atoms with Crippen molar-refractivity contribution in [3.05, 3.63) is 47.2 Å². The highest BCUT2D eigenvalue weighted by atomic mass is 16.5. The van der Waals surface area contributed by atoms with E-state index in [1.54, 1.807) is 22.6 Å². The van der Waals surface area contributed by atoms with Crippen molar-refractivity contribution in [2.75, 3.05) is 20.3 Å². The number of carbonyl (C=O) groups is 1. The largest absolute Gasteiger partial charge is 0.383 e. The molecule has 0 fully saturated rings. The lowest BCUT2D eigenvalue weighted by atomic mass is 10.1. The average molecular weight is 356 g/mol. The first kappa shape index (κ1) is 18.1. The first-order valence-corrected chi connectivity index (χ1v) is 8.66. The summed E-state index contributed by atoms with van der Waals surface area (Å²) in [5.74, 6) is -0.110. The van der Waals surface area contributed by atoms with E-state index in [0.717, 1.165) is 23.5 Å². The van der Waals surface area contributed by atoms with Crippen LogP contribution in [0, 0.1) is 13.8 Å². The van der Waals surface area contributed by atoms with Gasteiger partial charge < -0.3 is 9.64 Å². The second kappa shape index (κ2) is 7.65. The monoisotopic (exact) mass is 356 g/mol. The first-order valence-electron chi connectivity index (χ1n) is 8.66. The van der Waals surface area contributed by atoms with Gasteiger partial charge in [0, 0.05) is 38.0 Å². The number of methoxy groups -OCH3 is 1. The van der Waals surface area contributed by atoms with Crippen molar-refractivity contribution in [1.82, 2.24) is 29.3 Å².